The second-order valence-electron chi connectivity index (χ2n) is 4.90. The molecule has 1 amide bonds. The maximum Gasteiger partial charge on any atom is 0.257 e. The Morgan fingerprint density at radius 1 is 1.22 bits per heavy atom. The molecule has 0 saturated heterocycles. The number of benzene rings is 2. The van der Waals surface area contributed by atoms with Crippen LogP contribution in [0.3, 0.4) is 0 Å². The van der Waals surface area contributed by atoms with E-state index < -0.39 is 0 Å². The van der Waals surface area contributed by atoms with E-state index in [9.17, 15) is 9.18 Å². The molecule has 3 rings (SSSR count). The van der Waals surface area contributed by atoms with E-state index in [2.05, 4.69) is 26.2 Å². The Hall–Kier alpha value is -2.05. The van der Waals surface area contributed by atoms with E-state index in [1.165, 1.54) is 23.5 Å². The van der Waals surface area contributed by atoms with Crippen LogP contribution in [0.4, 0.5) is 9.52 Å². The highest BCUT2D eigenvalue weighted by atomic mass is 79.9. The molecule has 0 aliphatic rings. The van der Waals surface area contributed by atoms with Crippen LogP contribution in [0.5, 0.6) is 0 Å². The number of nitrogens with one attached hydrogen (secondary N) is 1. The molecule has 0 aliphatic heterocycles. The summed E-state index contributed by atoms with van der Waals surface area (Å²) >= 11 is 4.72. The number of nitrogens with zero attached hydrogens (tertiary/aromatic N) is 1. The van der Waals surface area contributed by atoms with Gasteiger partial charge in [-0.1, -0.05) is 28.1 Å². The molecular weight excluding hydrogens is 379 g/mol. The lowest BCUT2D eigenvalue weighted by Crippen LogP contribution is -2.11. The summed E-state index contributed by atoms with van der Waals surface area (Å²) < 4.78 is 14.1. The maximum atomic E-state index is 13.2. The molecule has 0 aliphatic carbocycles. The Bertz CT molecular complexity index is 833. The van der Waals surface area contributed by atoms with Crippen molar-refractivity contribution in [2.75, 3.05) is 5.32 Å². The van der Waals surface area contributed by atoms with Crippen LogP contribution in [-0.2, 0) is 6.42 Å². The summed E-state index contributed by atoms with van der Waals surface area (Å²) in [6.45, 7) is 0. The molecule has 3 aromatic rings. The Morgan fingerprint density at radius 3 is 2.74 bits per heavy atom. The Labute approximate surface area is 145 Å². The van der Waals surface area contributed by atoms with E-state index in [0.29, 0.717) is 17.1 Å². The van der Waals surface area contributed by atoms with Crippen molar-refractivity contribution in [3.8, 4) is 0 Å². The normalized spacial score (nSPS) is 10.5. The number of carbonyl (C=O) groups excluding carboxylic acids is 1. The standard InChI is InChI=1S/C17H12BrFN2OS/c18-13-6-4-12(5-7-13)16(22)21-17-20-10-15(23-17)9-11-2-1-3-14(19)8-11/h1-8,10H,9H2,(H,20,21,22). The summed E-state index contributed by atoms with van der Waals surface area (Å²) in [7, 11) is 0. The third kappa shape index (κ3) is 4.24. The van der Waals surface area contributed by atoms with Crippen molar-refractivity contribution >= 4 is 38.3 Å². The Morgan fingerprint density at radius 2 is 2.00 bits per heavy atom. The number of halogens is 2. The van der Waals surface area contributed by atoms with E-state index in [0.717, 1.165) is 14.9 Å². The van der Waals surface area contributed by atoms with Gasteiger partial charge in [-0.3, -0.25) is 10.1 Å². The Kier molecular flexibility index (Phi) is 4.83. The highest BCUT2D eigenvalue weighted by Crippen LogP contribution is 2.22. The number of hydrogen-bond donors (Lipinski definition) is 1. The van der Waals surface area contributed by atoms with Gasteiger partial charge in [-0.05, 0) is 42.0 Å². The van der Waals surface area contributed by atoms with E-state index in [1.807, 2.05) is 18.2 Å². The lowest BCUT2D eigenvalue weighted by atomic mass is 10.1. The minimum absolute atomic E-state index is 0.204. The second kappa shape index (κ2) is 7.02. The van der Waals surface area contributed by atoms with Gasteiger partial charge < -0.3 is 0 Å². The van der Waals surface area contributed by atoms with E-state index in [-0.39, 0.29) is 11.7 Å². The number of hydrogen-bond acceptors (Lipinski definition) is 3. The number of anilines is 1. The van der Waals surface area contributed by atoms with Crippen LogP contribution < -0.4 is 5.32 Å². The summed E-state index contributed by atoms with van der Waals surface area (Å²) in [5.74, 6) is -0.458. The van der Waals surface area contributed by atoms with Gasteiger partial charge in [-0.2, -0.15) is 0 Å². The van der Waals surface area contributed by atoms with Crippen LogP contribution in [0.2, 0.25) is 0 Å². The van der Waals surface area contributed by atoms with Crippen LogP contribution >= 0.6 is 27.3 Å². The van der Waals surface area contributed by atoms with Gasteiger partial charge >= 0.3 is 0 Å². The molecule has 0 radical (unpaired) electrons. The average molecular weight is 391 g/mol. The first-order valence-electron chi connectivity index (χ1n) is 6.86. The third-order valence-corrected chi connectivity index (χ3v) is 4.59. The van der Waals surface area contributed by atoms with Crippen LogP contribution in [0.25, 0.3) is 0 Å². The molecule has 1 aromatic heterocycles. The highest BCUT2D eigenvalue weighted by molar-refractivity contribution is 9.10. The van der Waals surface area contributed by atoms with Crippen molar-refractivity contribution in [2.45, 2.75) is 6.42 Å². The average Bonchev–Trinajstić information content (AvgIpc) is 2.95. The monoisotopic (exact) mass is 390 g/mol. The van der Waals surface area contributed by atoms with Gasteiger partial charge in [-0.25, -0.2) is 9.37 Å². The molecule has 0 unspecified atom stereocenters. The van der Waals surface area contributed by atoms with E-state index in [1.54, 1.807) is 24.4 Å². The Balaban J connectivity index is 1.67. The minimum Gasteiger partial charge on any atom is -0.298 e. The van der Waals surface area contributed by atoms with Crippen LogP contribution in [0, 0.1) is 5.82 Å². The van der Waals surface area contributed by atoms with Crippen molar-refractivity contribution in [3.63, 3.8) is 0 Å². The van der Waals surface area contributed by atoms with Crippen LogP contribution in [0.15, 0.2) is 59.2 Å². The molecule has 116 valence electrons. The summed E-state index contributed by atoms with van der Waals surface area (Å²) in [6, 6.07) is 13.6. The number of thiazole rings is 1. The highest BCUT2D eigenvalue weighted by Gasteiger charge is 2.09. The second-order valence-corrected chi connectivity index (χ2v) is 6.93. The SMILES string of the molecule is O=C(Nc1ncc(Cc2cccc(F)c2)s1)c1ccc(Br)cc1. The first kappa shape index (κ1) is 15.8. The van der Waals surface area contributed by atoms with Crippen molar-refractivity contribution in [1.82, 2.24) is 4.98 Å². The van der Waals surface area contributed by atoms with Crippen LogP contribution in [-0.4, -0.2) is 10.9 Å². The zero-order valence-corrected chi connectivity index (χ0v) is 14.3. The largest absolute Gasteiger partial charge is 0.298 e. The van der Waals surface area contributed by atoms with Crippen molar-refractivity contribution in [2.24, 2.45) is 0 Å². The van der Waals surface area contributed by atoms with Gasteiger partial charge in [0.2, 0.25) is 0 Å². The molecule has 2 aromatic carbocycles. The van der Waals surface area contributed by atoms with Crippen molar-refractivity contribution < 1.29 is 9.18 Å². The smallest absolute Gasteiger partial charge is 0.257 e. The minimum atomic E-state index is -0.254. The predicted octanol–water partition coefficient (Wildman–Crippen LogP) is 4.89. The molecule has 0 atom stereocenters. The van der Waals surface area contributed by atoms with Gasteiger partial charge in [0.15, 0.2) is 5.13 Å². The fourth-order valence-corrected chi connectivity index (χ4v) is 3.17. The first-order chi connectivity index (χ1) is 11.1. The molecule has 0 fully saturated rings. The number of rotatable bonds is 4. The van der Waals surface area contributed by atoms with Crippen molar-refractivity contribution in [1.29, 1.82) is 0 Å². The lowest BCUT2D eigenvalue weighted by molar-refractivity contribution is 0.102. The van der Waals surface area contributed by atoms with Gasteiger partial charge in [0.25, 0.3) is 5.91 Å². The van der Waals surface area contributed by atoms with E-state index >= 15 is 0 Å². The van der Waals surface area contributed by atoms with E-state index in [4.69, 9.17) is 0 Å². The molecule has 1 N–H and O–H groups in total. The molecule has 1 heterocycles. The summed E-state index contributed by atoms with van der Waals surface area (Å²) in [5.41, 5.74) is 1.44. The van der Waals surface area contributed by atoms with Gasteiger partial charge in [0.1, 0.15) is 5.82 Å². The molecule has 0 saturated carbocycles. The predicted molar refractivity (Wildman–Crippen MR) is 93.4 cm³/mol. The van der Waals surface area contributed by atoms with Gasteiger partial charge in [-0.15, -0.1) is 11.3 Å². The molecule has 0 bridgehead atoms. The van der Waals surface area contributed by atoms with Crippen molar-refractivity contribution in [3.05, 3.63) is 81.0 Å². The number of amides is 1. The molecule has 0 spiro atoms. The zero-order chi connectivity index (χ0) is 16.2. The fourth-order valence-electron chi connectivity index (χ4n) is 2.07. The van der Waals surface area contributed by atoms with Gasteiger partial charge in [0.05, 0.1) is 0 Å². The first-order valence-corrected chi connectivity index (χ1v) is 8.47. The summed E-state index contributed by atoms with van der Waals surface area (Å²) in [6.07, 6.45) is 2.29. The maximum absolute atomic E-state index is 13.2. The molecule has 6 heteroatoms. The molecule has 23 heavy (non-hydrogen) atoms. The number of carbonyl (C=O) groups is 1. The lowest BCUT2D eigenvalue weighted by Gasteiger charge is -2.01. The fraction of sp³-hybridized carbons (Fsp3) is 0.0588. The summed E-state index contributed by atoms with van der Waals surface area (Å²) in [4.78, 5) is 17.3. The molecular formula is C17H12BrFN2OS. The topological polar surface area (TPSA) is 42.0 Å². The summed E-state index contributed by atoms with van der Waals surface area (Å²) in [5, 5.41) is 3.31. The van der Waals surface area contributed by atoms with Crippen LogP contribution in [0.1, 0.15) is 20.8 Å². The zero-order valence-electron chi connectivity index (χ0n) is 11.9. The third-order valence-electron chi connectivity index (χ3n) is 3.15. The quantitative estimate of drug-likeness (QED) is 0.688. The van der Waals surface area contributed by atoms with Gasteiger partial charge in [0, 0.05) is 27.5 Å². The number of aromatic nitrogens is 1. The molecule has 3 nitrogen and oxygen atoms in total.